The molecule has 1 heterocycles. The smallest absolute Gasteiger partial charge is 0.490 e. The van der Waals surface area contributed by atoms with Gasteiger partial charge < -0.3 is 9.47 Å². The zero-order valence-corrected chi connectivity index (χ0v) is 19.8. The molecule has 0 saturated carbocycles. The van der Waals surface area contributed by atoms with Crippen LogP contribution in [0.25, 0.3) is 31.3 Å². The maximum Gasteiger partial charge on any atom is 0.522 e. The molecule has 1 aromatic heterocycles. The Morgan fingerprint density at radius 2 is 1.67 bits per heavy atom. The van der Waals surface area contributed by atoms with Crippen molar-refractivity contribution >= 4 is 29.4 Å². The van der Waals surface area contributed by atoms with Gasteiger partial charge in [0.2, 0.25) is 6.29 Å². The van der Waals surface area contributed by atoms with E-state index in [9.17, 15) is 13.0 Å². The summed E-state index contributed by atoms with van der Waals surface area (Å²) in [4.78, 5) is 14.9. The first-order valence-corrected chi connectivity index (χ1v) is 13.2. The molecule has 0 spiro atoms. The monoisotopic (exact) mass is 514 g/mol. The number of hydrogen-bond donors (Lipinski definition) is 2. The summed E-state index contributed by atoms with van der Waals surface area (Å²) in [5, 5.41) is 6.90. The Labute approximate surface area is 194 Å². The zero-order chi connectivity index (χ0) is 24.1. The summed E-state index contributed by atoms with van der Waals surface area (Å²) in [5.74, 6) is 0.881. The molecule has 2 rings (SSSR count). The van der Waals surface area contributed by atoms with Crippen LogP contribution >= 0.6 is 19.4 Å². The molecule has 0 aliphatic heterocycles. The highest BCUT2D eigenvalue weighted by Crippen LogP contribution is 2.37. The summed E-state index contributed by atoms with van der Waals surface area (Å²) in [6.45, 7) is 1.14. The zero-order valence-electron chi connectivity index (χ0n) is 17.3. The molecule has 0 saturated heterocycles. The SMILES string of the molecule is [N-]=[N+]=NCCCOc1ccc(-c2ccc(S(=O)(=O)NC[P+](=O)O)s2)cc1OCCCN=[N+]=[N-]. The van der Waals surface area contributed by atoms with Crippen molar-refractivity contribution < 1.29 is 27.3 Å². The van der Waals surface area contributed by atoms with Gasteiger partial charge in [-0.1, -0.05) is 10.2 Å². The number of nitrogens with one attached hydrogen (secondary N) is 1. The van der Waals surface area contributed by atoms with Crippen LogP contribution in [0.5, 0.6) is 11.5 Å². The normalized spacial score (nSPS) is 11.2. The number of azide groups is 2. The second-order valence-corrected chi connectivity index (χ2v) is 10.3. The number of benzene rings is 1. The summed E-state index contributed by atoms with van der Waals surface area (Å²) in [6.07, 6.45) is 0.440. The van der Waals surface area contributed by atoms with Crippen LogP contribution in [0.3, 0.4) is 0 Å². The number of nitrogens with zero attached hydrogens (tertiary/aromatic N) is 6. The Morgan fingerprint density at radius 3 is 2.27 bits per heavy atom. The standard InChI is InChI=1S/C17H20N7O6PS2/c18-23-20-7-1-9-29-14-4-3-13(11-15(14)30-10-2-8-21-24-19)16-5-6-17(32-16)33(27,28)22-12-31(25)26/h3-6,11,22H,1-2,7-10,12H2/p+1. The van der Waals surface area contributed by atoms with Gasteiger partial charge in [0.05, 0.1) is 13.2 Å². The van der Waals surface area contributed by atoms with Crippen molar-refractivity contribution in [2.45, 2.75) is 17.1 Å². The molecule has 0 aliphatic carbocycles. The summed E-state index contributed by atoms with van der Waals surface area (Å²) in [7, 11) is -6.54. The van der Waals surface area contributed by atoms with Gasteiger partial charge in [0.15, 0.2) is 11.5 Å². The van der Waals surface area contributed by atoms with Crippen molar-refractivity contribution in [2.24, 2.45) is 10.2 Å². The third-order valence-corrected chi connectivity index (χ3v) is 7.58. The van der Waals surface area contributed by atoms with Crippen LogP contribution in [-0.2, 0) is 14.6 Å². The van der Waals surface area contributed by atoms with Gasteiger partial charge in [0.1, 0.15) is 4.21 Å². The van der Waals surface area contributed by atoms with E-state index in [0.29, 0.717) is 47.9 Å². The molecule has 1 aromatic carbocycles. The van der Waals surface area contributed by atoms with Crippen LogP contribution in [0.4, 0.5) is 0 Å². The highest BCUT2D eigenvalue weighted by molar-refractivity contribution is 7.91. The van der Waals surface area contributed by atoms with E-state index in [4.69, 9.17) is 25.4 Å². The first-order chi connectivity index (χ1) is 15.9. The molecule has 2 N–H and O–H groups in total. The lowest BCUT2D eigenvalue weighted by Gasteiger charge is -2.13. The Hall–Kier alpha value is -2.89. The molecule has 0 aliphatic rings. The number of hydrogen-bond acceptors (Lipinski definition) is 8. The molecule has 0 amide bonds. The molecule has 33 heavy (non-hydrogen) atoms. The van der Waals surface area contributed by atoms with E-state index in [0.717, 1.165) is 11.3 Å². The van der Waals surface area contributed by atoms with E-state index in [2.05, 4.69) is 24.8 Å². The van der Waals surface area contributed by atoms with E-state index in [1.165, 1.54) is 6.07 Å². The molecule has 16 heteroatoms. The van der Waals surface area contributed by atoms with Gasteiger partial charge in [-0.3, -0.25) is 0 Å². The summed E-state index contributed by atoms with van der Waals surface area (Å²) >= 11 is 0.996. The van der Waals surface area contributed by atoms with Crippen molar-refractivity contribution in [3.63, 3.8) is 0 Å². The van der Waals surface area contributed by atoms with Crippen molar-refractivity contribution in [3.05, 3.63) is 51.2 Å². The van der Waals surface area contributed by atoms with E-state index >= 15 is 0 Å². The second-order valence-electron chi connectivity index (χ2n) is 6.25. The molecule has 2 aromatic rings. The fraction of sp³-hybridized carbons (Fsp3) is 0.412. The number of thiophene rings is 1. The van der Waals surface area contributed by atoms with Gasteiger partial charge in [-0.15, -0.1) is 11.3 Å². The topological polar surface area (TPSA) is 199 Å². The molecule has 1 atom stereocenters. The van der Waals surface area contributed by atoms with Crippen molar-refractivity contribution in [2.75, 3.05) is 32.6 Å². The van der Waals surface area contributed by atoms with E-state index in [1.54, 1.807) is 24.3 Å². The maximum absolute atomic E-state index is 12.3. The fourth-order valence-electron chi connectivity index (χ4n) is 2.45. The third-order valence-electron chi connectivity index (χ3n) is 3.91. The van der Waals surface area contributed by atoms with Crippen molar-refractivity contribution in [1.82, 2.24) is 4.72 Å². The third kappa shape index (κ3) is 8.87. The summed E-state index contributed by atoms with van der Waals surface area (Å²) in [6, 6.07) is 8.17. The van der Waals surface area contributed by atoms with Crippen molar-refractivity contribution in [3.8, 4) is 21.9 Å². The van der Waals surface area contributed by atoms with Crippen LogP contribution in [0.2, 0.25) is 0 Å². The molecule has 1 unspecified atom stereocenters. The van der Waals surface area contributed by atoms with Crippen LogP contribution in [0.1, 0.15) is 12.8 Å². The molecular weight excluding hydrogens is 493 g/mol. The highest BCUT2D eigenvalue weighted by Gasteiger charge is 2.22. The van der Waals surface area contributed by atoms with E-state index in [1.807, 2.05) is 0 Å². The number of rotatable bonds is 15. The Morgan fingerprint density at radius 1 is 1.03 bits per heavy atom. The summed E-state index contributed by atoms with van der Waals surface area (Å²) < 4.78 is 48.9. The van der Waals surface area contributed by atoms with Gasteiger partial charge in [0.25, 0.3) is 10.0 Å². The molecule has 0 radical (unpaired) electrons. The lowest BCUT2D eigenvalue weighted by Crippen LogP contribution is -2.22. The second kappa shape index (κ2) is 13.6. The first kappa shape index (κ1) is 26.4. The summed E-state index contributed by atoms with van der Waals surface area (Å²) in [5.41, 5.74) is 17.4. The fourth-order valence-corrected chi connectivity index (χ4v) is 5.58. The van der Waals surface area contributed by atoms with Crippen molar-refractivity contribution in [1.29, 1.82) is 0 Å². The maximum atomic E-state index is 12.3. The van der Waals surface area contributed by atoms with Gasteiger partial charge in [-0.25, -0.2) is 8.42 Å². The van der Waals surface area contributed by atoms with Gasteiger partial charge in [-0.2, -0.15) is 9.62 Å². The quantitative estimate of drug-likeness (QED) is 0.115. The number of sulfonamides is 1. The molecule has 0 bridgehead atoms. The van der Waals surface area contributed by atoms with Gasteiger partial charge in [-0.05, 0) is 64.4 Å². The molecule has 0 fully saturated rings. The van der Waals surface area contributed by atoms with Crippen LogP contribution in [-0.4, -0.2) is 45.9 Å². The molecule has 13 nitrogen and oxygen atoms in total. The predicted molar refractivity (Wildman–Crippen MR) is 123 cm³/mol. The number of ether oxygens (including phenoxy) is 2. The lowest BCUT2D eigenvalue weighted by atomic mass is 10.1. The van der Waals surface area contributed by atoms with Crippen LogP contribution in [0, 0.1) is 0 Å². The largest absolute Gasteiger partial charge is 0.522 e. The van der Waals surface area contributed by atoms with E-state index in [-0.39, 0.29) is 17.4 Å². The average molecular weight is 515 g/mol. The minimum atomic E-state index is -3.91. The van der Waals surface area contributed by atoms with Gasteiger partial charge in [0, 0.05) is 27.8 Å². The van der Waals surface area contributed by atoms with Crippen LogP contribution < -0.4 is 14.2 Å². The predicted octanol–water partition coefficient (Wildman–Crippen LogP) is 4.54. The first-order valence-electron chi connectivity index (χ1n) is 9.52. The average Bonchev–Trinajstić information content (AvgIpc) is 3.29. The lowest BCUT2D eigenvalue weighted by molar-refractivity contribution is 0.265. The Kier molecular flexibility index (Phi) is 10.9. The minimum absolute atomic E-state index is 0.00422. The molecular formula is C17H21N7O6PS2+. The molecule has 176 valence electrons. The Bertz CT molecular complexity index is 1160. The van der Waals surface area contributed by atoms with Gasteiger partial charge >= 0.3 is 8.03 Å². The Balaban J connectivity index is 2.20. The van der Waals surface area contributed by atoms with Crippen LogP contribution in [0.15, 0.2) is 44.8 Å². The van der Waals surface area contributed by atoms with E-state index < -0.39 is 24.3 Å². The highest BCUT2D eigenvalue weighted by atomic mass is 32.2. The minimum Gasteiger partial charge on any atom is -0.490 e.